The number of fused-ring (bicyclic) bond motifs is 1. The van der Waals surface area contributed by atoms with Crippen LogP contribution >= 0.6 is 11.8 Å². The molecule has 0 radical (unpaired) electrons. The van der Waals surface area contributed by atoms with Crippen molar-refractivity contribution in [2.45, 2.75) is 68.4 Å². The average molecular weight is 547 g/mol. The van der Waals surface area contributed by atoms with Crippen molar-refractivity contribution in [3.63, 3.8) is 0 Å². The predicted octanol–water partition coefficient (Wildman–Crippen LogP) is 4.04. The first-order valence-electron chi connectivity index (χ1n) is 11.8. The Balaban J connectivity index is 0.000000604. The predicted molar refractivity (Wildman–Crippen MR) is 131 cm³/mol. The second-order valence-electron chi connectivity index (χ2n) is 9.63. The summed E-state index contributed by atoms with van der Waals surface area (Å²) in [5.74, 6) is -5.02. The number of hydrogen-bond acceptors (Lipinski definition) is 7. The van der Waals surface area contributed by atoms with E-state index >= 15 is 0 Å². The van der Waals surface area contributed by atoms with Crippen molar-refractivity contribution in [3.8, 4) is 0 Å². The third-order valence-electron chi connectivity index (χ3n) is 6.55. The van der Waals surface area contributed by atoms with Crippen LogP contribution in [-0.2, 0) is 23.9 Å². The van der Waals surface area contributed by atoms with E-state index < -0.39 is 41.5 Å². The van der Waals surface area contributed by atoms with Gasteiger partial charge in [-0.1, -0.05) is 39.8 Å². The second kappa shape index (κ2) is 11.8. The van der Waals surface area contributed by atoms with Crippen LogP contribution in [0.2, 0.25) is 0 Å². The molecule has 2 N–H and O–H groups in total. The van der Waals surface area contributed by atoms with E-state index in [1.54, 1.807) is 0 Å². The molecule has 2 aliphatic rings. The quantitative estimate of drug-likeness (QED) is 0.299. The molecular weight excluding hydrogens is 513 g/mol. The fraction of sp³-hybridized carbons (Fsp3) is 0.600. The second-order valence-corrected chi connectivity index (χ2v) is 11.1. The number of nitrogens with one attached hydrogen (secondary N) is 1. The van der Waals surface area contributed by atoms with Crippen molar-refractivity contribution >= 4 is 35.5 Å². The first kappa shape index (κ1) is 30.6. The van der Waals surface area contributed by atoms with Crippen LogP contribution in [0.5, 0.6) is 0 Å². The van der Waals surface area contributed by atoms with Crippen molar-refractivity contribution in [3.05, 3.63) is 29.8 Å². The zero-order valence-corrected chi connectivity index (χ0v) is 22.4. The number of aliphatic carboxylic acids is 1. The Kier molecular flexibility index (Phi) is 9.81. The number of nitrogens with zero attached hydrogens (tertiary/aromatic N) is 1. The van der Waals surface area contributed by atoms with Crippen molar-refractivity contribution in [1.29, 1.82) is 0 Å². The fourth-order valence-electron chi connectivity index (χ4n) is 4.79. The average Bonchev–Trinajstić information content (AvgIpc) is 3.27. The van der Waals surface area contributed by atoms with E-state index in [0.717, 1.165) is 16.9 Å². The molecule has 2 heterocycles. The van der Waals surface area contributed by atoms with E-state index in [0.29, 0.717) is 11.7 Å². The molecule has 1 unspecified atom stereocenters. The number of carboxylic acid groups (broad SMARTS) is 1. The van der Waals surface area contributed by atoms with Gasteiger partial charge in [0.05, 0.1) is 18.9 Å². The SMILES string of the molecule is CCC(C)Sc1ccc([C@H]2N[C@@](CC(C)C)(C(=O)OC)[C@H]3C(=O)N(C)C(=O)[C@@H]23)cc1.O=C(O)C(F)(F)F. The first-order valence-corrected chi connectivity index (χ1v) is 12.7. The van der Waals surface area contributed by atoms with E-state index in [-0.39, 0.29) is 17.7 Å². The van der Waals surface area contributed by atoms with Crippen LogP contribution in [0.4, 0.5) is 13.2 Å². The third kappa shape index (κ3) is 6.46. The molecule has 0 bridgehead atoms. The van der Waals surface area contributed by atoms with Gasteiger partial charge in [-0.2, -0.15) is 13.2 Å². The first-order chi connectivity index (χ1) is 17.1. The lowest BCUT2D eigenvalue weighted by atomic mass is 9.75. The molecule has 37 heavy (non-hydrogen) atoms. The van der Waals surface area contributed by atoms with Crippen molar-refractivity contribution in [2.24, 2.45) is 17.8 Å². The monoisotopic (exact) mass is 546 g/mol. The number of likely N-dealkylation sites (tertiary alicyclic amines) is 1. The Bertz CT molecular complexity index is 1020. The number of amides is 2. The van der Waals surface area contributed by atoms with Crippen LogP contribution in [-0.4, -0.2) is 64.9 Å². The molecule has 1 aromatic rings. The van der Waals surface area contributed by atoms with Crippen LogP contribution in [0, 0.1) is 17.8 Å². The van der Waals surface area contributed by atoms with E-state index in [4.69, 9.17) is 14.6 Å². The number of rotatable bonds is 7. The highest BCUT2D eigenvalue weighted by Crippen LogP contribution is 2.51. The van der Waals surface area contributed by atoms with Gasteiger partial charge in [-0.15, -0.1) is 11.8 Å². The number of carbonyl (C=O) groups is 4. The molecule has 0 aromatic heterocycles. The number of imide groups is 1. The lowest BCUT2D eigenvalue weighted by Gasteiger charge is -2.33. The van der Waals surface area contributed by atoms with Gasteiger partial charge in [0.2, 0.25) is 11.8 Å². The number of halogens is 3. The maximum absolute atomic E-state index is 13.1. The summed E-state index contributed by atoms with van der Waals surface area (Å²) in [4.78, 5) is 50.3. The van der Waals surface area contributed by atoms with E-state index in [1.165, 1.54) is 19.1 Å². The van der Waals surface area contributed by atoms with E-state index in [2.05, 4.69) is 19.2 Å². The highest BCUT2D eigenvalue weighted by molar-refractivity contribution is 7.99. The van der Waals surface area contributed by atoms with Crippen LogP contribution in [0.15, 0.2) is 29.2 Å². The minimum atomic E-state index is -5.08. The normalized spacial score (nSPS) is 26.0. The highest BCUT2D eigenvalue weighted by Gasteiger charge is 2.68. The summed E-state index contributed by atoms with van der Waals surface area (Å²) >= 11 is 1.81. The molecule has 2 amide bonds. The standard InChI is InChI=1S/C23H32N2O4S.C2HF3O2/c1-7-14(4)30-16-10-8-15(9-11-16)19-17-18(21(27)25(5)20(17)26)23(24-19,12-13(2)3)22(28)29-6;3-2(4,5)1(6)7/h8-11,13-14,17-19,24H,7,12H2,1-6H3;(H,6,7)/t14?,17-,18-,19-,23-;/m1./s1. The summed E-state index contributed by atoms with van der Waals surface area (Å²) in [6.07, 6.45) is -3.58. The molecule has 0 aliphatic carbocycles. The Hall–Kier alpha value is -2.60. The molecule has 2 aliphatic heterocycles. The smallest absolute Gasteiger partial charge is 0.475 e. The molecular formula is C25H33F3N2O6S. The number of alkyl halides is 3. The minimum Gasteiger partial charge on any atom is -0.475 e. The topological polar surface area (TPSA) is 113 Å². The lowest BCUT2D eigenvalue weighted by Crippen LogP contribution is -2.56. The molecule has 0 spiro atoms. The number of carbonyl (C=O) groups excluding carboxylic acids is 3. The number of carboxylic acids is 1. The third-order valence-corrected chi connectivity index (χ3v) is 7.83. The van der Waals surface area contributed by atoms with Gasteiger partial charge in [0.15, 0.2) is 0 Å². The summed E-state index contributed by atoms with van der Waals surface area (Å²) in [5, 5.41) is 11.1. The summed E-state index contributed by atoms with van der Waals surface area (Å²) in [6.45, 7) is 8.35. The van der Waals surface area contributed by atoms with Crippen LogP contribution in [0.25, 0.3) is 0 Å². The van der Waals surface area contributed by atoms with Crippen LogP contribution in [0.1, 0.15) is 52.1 Å². The maximum Gasteiger partial charge on any atom is 0.490 e. The fourth-order valence-corrected chi connectivity index (χ4v) is 5.71. The molecule has 206 valence electrons. The zero-order chi connectivity index (χ0) is 28.3. The van der Waals surface area contributed by atoms with Gasteiger partial charge in [-0.05, 0) is 36.5 Å². The Morgan fingerprint density at radius 3 is 2.14 bits per heavy atom. The molecule has 8 nitrogen and oxygen atoms in total. The van der Waals surface area contributed by atoms with Gasteiger partial charge >= 0.3 is 18.1 Å². The Morgan fingerprint density at radius 1 is 1.16 bits per heavy atom. The molecule has 2 saturated heterocycles. The number of hydrogen-bond donors (Lipinski definition) is 2. The van der Waals surface area contributed by atoms with Gasteiger partial charge < -0.3 is 9.84 Å². The van der Waals surface area contributed by atoms with Gasteiger partial charge in [-0.3, -0.25) is 24.6 Å². The highest BCUT2D eigenvalue weighted by atomic mass is 32.2. The number of thioether (sulfide) groups is 1. The van der Waals surface area contributed by atoms with E-state index in [1.807, 2.05) is 49.9 Å². The van der Waals surface area contributed by atoms with Crippen molar-refractivity contribution in [2.75, 3.05) is 14.2 Å². The summed E-state index contributed by atoms with van der Waals surface area (Å²) in [6, 6.07) is 7.68. The molecule has 2 fully saturated rings. The molecule has 5 atom stereocenters. The molecule has 0 saturated carbocycles. The van der Waals surface area contributed by atoms with Crippen molar-refractivity contribution in [1.82, 2.24) is 10.2 Å². The molecule has 3 rings (SSSR count). The van der Waals surface area contributed by atoms with Gasteiger partial charge in [0, 0.05) is 23.2 Å². The van der Waals surface area contributed by atoms with Gasteiger partial charge in [0.25, 0.3) is 0 Å². The van der Waals surface area contributed by atoms with Crippen LogP contribution < -0.4 is 5.32 Å². The Morgan fingerprint density at radius 2 is 1.70 bits per heavy atom. The van der Waals surface area contributed by atoms with Gasteiger partial charge in [0.1, 0.15) is 5.54 Å². The molecule has 12 heteroatoms. The summed E-state index contributed by atoms with van der Waals surface area (Å²) in [5.41, 5.74) is -0.302. The summed E-state index contributed by atoms with van der Waals surface area (Å²) in [7, 11) is 2.84. The summed E-state index contributed by atoms with van der Waals surface area (Å²) < 4.78 is 36.9. The Labute approximate surface area is 218 Å². The lowest BCUT2D eigenvalue weighted by molar-refractivity contribution is -0.192. The zero-order valence-electron chi connectivity index (χ0n) is 21.6. The van der Waals surface area contributed by atoms with E-state index in [9.17, 15) is 27.6 Å². The molecule has 1 aromatic carbocycles. The largest absolute Gasteiger partial charge is 0.490 e. The number of methoxy groups -OCH3 is 1. The van der Waals surface area contributed by atoms with Gasteiger partial charge in [-0.25, -0.2) is 4.79 Å². The minimum absolute atomic E-state index is 0.138. The van der Waals surface area contributed by atoms with Crippen LogP contribution in [0.3, 0.4) is 0 Å². The number of ether oxygens (including phenoxy) is 1. The maximum atomic E-state index is 13.1. The number of benzene rings is 1. The van der Waals surface area contributed by atoms with Crippen molar-refractivity contribution < 1.29 is 42.2 Å². The number of esters is 1.